The topological polar surface area (TPSA) is 110 Å². The van der Waals surface area contributed by atoms with Crippen molar-refractivity contribution in [1.29, 1.82) is 0 Å². The van der Waals surface area contributed by atoms with Crippen LogP contribution in [-0.2, 0) is 19.1 Å². The number of carbonyl (C=O) groups is 3. The van der Waals surface area contributed by atoms with E-state index in [1.165, 1.54) is 4.90 Å². The van der Waals surface area contributed by atoms with Crippen molar-refractivity contribution in [3.63, 3.8) is 0 Å². The van der Waals surface area contributed by atoms with Crippen LogP contribution in [0.15, 0.2) is 0 Å². The highest BCUT2D eigenvalue weighted by Gasteiger charge is 2.49. The predicted molar refractivity (Wildman–Crippen MR) is 70.7 cm³/mol. The van der Waals surface area contributed by atoms with E-state index in [2.05, 4.69) is 0 Å². The van der Waals surface area contributed by atoms with E-state index in [9.17, 15) is 19.5 Å². The van der Waals surface area contributed by atoms with Crippen molar-refractivity contribution in [2.24, 2.45) is 17.1 Å². The van der Waals surface area contributed by atoms with Gasteiger partial charge in [0.2, 0.25) is 0 Å². The van der Waals surface area contributed by atoms with Crippen LogP contribution in [0.1, 0.15) is 27.2 Å². The summed E-state index contributed by atoms with van der Waals surface area (Å²) in [7, 11) is 0. The van der Waals surface area contributed by atoms with Gasteiger partial charge in [-0.1, -0.05) is 13.8 Å². The Morgan fingerprint density at radius 2 is 2.00 bits per heavy atom. The van der Waals surface area contributed by atoms with Crippen molar-refractivity contribution in [2.45, 2.75) is 33.2 Å². The SMILES string of the molecule is CCOC(=O)C(N)C(=O)N1CCC(C(=O)O)(C(C)C)C1. The third-order valence-corrected chi connectivity index (χ3v) is 3.95. The average Bonchev–Trinajstić information content (AvgIpc) is 2.83. The molecular weight excluding hydrogens is 264 g/mol. The molecule has 0 aromatic rings. The summed E-state index contributed by atoms with van der Waals surface area (Å²) in [6.07, 6.45) is 0.362. The van der Waals surface area contributed by atoms with E-state index in [1.807, 2.05) is 13.8 Å². The summed E-state index contributed by atoms with van der Waals surface area (Å²) in [6.45, 7) is 5.76. The number of carboxylic acid groups (broad SMARTS) is 1. The molecule has 0 aromatic heterocycles. The fourth-order valence-electron chi connectivity index (χ4n) is 2.44. The van der Waals surface area contributed by atoms with Gasteiger partial charge in [-0.05, 0) is 19.3 Å². The monoisotopic (exact) mass is 286 g/mol. The minimum atomic E-state index is -1.38. The maximum atomic E-state index is 12.1. The van der Waals surface area contributed by atoms with Crippen molar-refractivity contribution in [1.82, 2.24) is 4.90 Å². The van der Waals surface area contributed by atoms with Crippen LogP contribution in [0.25, 0.3) is 0 Å². The third-order valence-electron chi connectivity index (χ3n) is 3.95. The van der Waals surface area contributed by atoms with Crippen molar-refractivity contribution in [3.05, 3.63) is 0 Å². The molecule has 1 aliphatic rings. The summed E-state index contributed by atoms with van der Waals surface area (Å²) < 4.78 is 4.70. The number of nitrogens with zero attached hydrogens (tertiary/aromatic N) is 1. The fraction of sp³-hybridized carbons (Fsp3) is 0.769. The molecule has 0 bridgehead atoms. The largest absolute Gasteiger partial charge is 0.481 e. The molecule has 1 saturated heterocycles. The van der Waals surface area contributed by atoms with Gasteiger partial charge in [0.25, 0.3) is 5.91 Å². The number of hydrogen-bond acceptors (Lipinski definition) is 5. The Morgan fingerprint density at radius 1 is 1.40 bits per heavy atom. The third kappa shape index (κ3) is 2.92. The zero-order chi connectivity index (χ0) is 15.5. The molecule has 0 aromatic carbocycles. The molecule has 1 rings (SSSR count). The number of carbonyl (C=O) groups excluding carboxylic acids is 2. The molecule has 0 radical (unpaired) electrons. The minimum absolute atomic E-state index is 0.0753. The Morgan fingerprint density at radius 3 is 2.40 bits per heavy atom. The number of aliphatic carboxylic acids is 1. The highest BCUT2D eigenvalue weighted by Crippen LogP contribution is 2.38. The van der Waals surface area contributed by atoms with Crippen LogP contribution in [0.2, 0.25) is 0 Å². The molecule has 20 heavy (non-hydrogen) atoms. The van der Waals surface area contributed by atoms with Crippen molar-refractivity contribution < 1.29 is 24.2 Å². The standard InChI is InChI=1S/C13H22N2O5/c1-4-20-11(17)9(14)10(16)15-6-5-13(7-15,8(2)3)12(18)19/h8-9H,4-7,14H2,1-3H3,(H,18,19). The molecule has 1 aliphatic heterocycles. The van der Waals surface area contributed by atoms with E-state index < -0.39 is 29.3 Å². The Bertz CT molecular complexity index is 410. The lowest BCUT2D eigenvalue weighted by Crippen LogP contribution is -2.49. The zero-order valence-corrected chi connectivity index (χ0v) is 12.1. The Balaban J connectivity index is 2.79. The lowest BCUT2D eigenvalue weighted by Gasteiger charge is -2.29. The van der Waals surface area contributed by atoms with E-state index in [4.69, 9.17) is 10.5 Å². The molecule has 7 heteroatoms. The molecule has 1 amide bonds. The molecule has 1 fully saturated rings. The van der Waals surface area contributed by atoms with Gasteiger partial charge in [-0.3, -0.25) is 9.59 Å². The summed E-state index contributed by atoms with van der Waals surface area (Å²) in [6, 6.07) is -1.38. The molecule has 0 saturated carbocycles. The summed E-state index contributed by atoms with van der Waals surface area (Å²) in [5.74, 6) is -2.40. The normalized spacial score (nSPS) is 23.8. The molecule has 7 nitrogen and oxygen atoms in total. The minimum Gasteiger partial charge on any atom is -0.481 e. The highest BCUT2D eigenvalue weighted by atomic mass is 16.5. The maximum absolute atomic E-state index is 12.1. The summed E-state index contributed by atoms with van der Waals surface area (Å²) in [5.41, 5.74) is 4.59. The Kier molecular flexibility index (Phi) is 5.10. The quantitative estimate of drug-likeness (QED) is 0.536. The van der Waals surface area contributed by atoms with Crippen LogP contribution in [0, 0.1) is 11.3 Å². The number of amides is 1. The lowest BCUT2D eigenvalue weighted by molar-refractivity contribution is -0.152. The van der Waals surface area contributed by atoms with Gasteiger partial charge in [0, 0.05) is 13.1 Å². The van der Waals surface area contributed by atoms with E-state index in [0.29, 0.717) is 6.42 Å². The van der Waals surface area contributed by atoms with Gasteiger partial charge in [0.05, 0.1) is 12.0 Å². The van der Waals surface area contributed by atoms with Crippen molar-refractivity contribution >= 4 is 17.8 Å². The molecular formula is C13H22N2O5. The zero-order valence-electron chi connectivity index (χ0n) is 12.1. The second-order valence-electron chi connectivity index (χ2n) is 5.36. The number of rotatable bonds is 5. The van der Waals surface area contributed by atoms with Crippen LogP contribution < -0.4 is 5.73 Å². The molecule has 114 valence electrons. The first-order chi connectivity index (χ1) is 9.26. The average molecular weight is 286 g/mol. The molecule has 1 heterocycles. The first-order valence-corrected chi connectivity index (χ1v) is 6.70. The fourth-order valence-corrected chi connectivity index (χ4v) is 2.44. The molecule has 0 spiro atoms. The summed E-state index contributed by atoms with van der Waals surface area (Å²) in [4.78, 5) is 36.4. The second kappa shape index (κ2) is 6.21. The first kappa shape index (κ1) is 16.4. The first-order valence-electron chi connectivity index (χ1n) is 6.70. The summed E-state index contributed by atoms with van der Waals surface area (Å²) in [5, 5.41) is 9.40. The smallest absolute Gasteiger partial charge is 0.332 e. The van der Waals surface area contributed by atoms with Crippen LogP contribution in [0.5, 0.6) is 0 Å². The van der Waals surface area contributed by atoms with Crippen LogP contribution >= 0.6 is 0 Å². The van der Waals surface area contributed by atoms with Gasteiger partial charge in [-0.2, -0.15) is 0 Å². The van der Waals surface area contributed by atoms with E-state index in [1.54, 1.807) is 6.92 Å². The second-order valence-corrected chi connectivity index (χ2v) is 5.36. The lowest BCUT2D eigenvalue weighted by atomic mass is 9.76. The number of carboxylic acids is 1. The Hall–Kier alpha value is -1.63. The highest BCUT2D eigenvalue weighted by molar-refractivity contribution is 6.02. The van der Waals surface area contributed by atoms with Gasteiger partial charge in [-0.25, -0.2) is 4.79 Å². The summed E-state index contributed by atoms with van der Waals surface area (Å²) >= 11 is 0. The van der Waals surface area contributed by atoms with E-state index >= 15 is 0 Å². The molecule has 2 unspecified atom stereocenters. The molecule has 0 aliphatic carbocycles. The van der Waals surface area contributed by atoms with Crippen molar-refractivity contribution in [2.75, 3.05) is 19.7 Å². The van der Waals surface area contributed by atoms with Crippen LogP contribution in [-0.4, -0.2) is 53.6 Å². The number of hydrogen-bond donors (Lipinski definition) is 2. The van der Waals surface area contributed by atoms with Crippen molar-refractivity contribution in [3.8, 4) is 0 Å². The van der Waals surface area contributed by atoms with Gasteiger partial charge in [0.15, 0.2) is 6.04 Å². The maximum Gasteiger partial charge on any atom is 0.332 e. The van der Waals surface area contributed by atoms with Gasteiger partial charge in [0.1, 0.15) is 0 Å². The molecule has 3 N–H and O–H groups in total. The van der Waals surface area contributed by atoms with Gasteiger partial charge < -0.3 is 20.5 Å². The number of likely N-dealkylation sites (tertiary alicyclic amines) is 1. The number of ether oxygens (including phenoxy) is 1. The van der Waals surface area contributed by atoms with Crippen LogP contribution in [0.4, 0.5) is 0 Å². The van der Waals surface area contributed by atoms with E-state index in [0.717, 1.165) is 0 Å². The number of nitrogens with two attached hydrogens (primary N) is 1. The predicted octanol–water partition coefficient (Wildman–Crippen LogP) is -0.164. The van der Waals surface area contributed by atoms with E-state index in [-0.39, 0.29) is 25.6 Å². The van der Waals surface area contributed by atoms with Gasteiger partial charge >= 0.3 is 11.9 Å². The number of esters is 1. The van der Waals surface area contributed by atoms with Gasteiger partial charge in [-0.15, -0.1) is 0 Å². The Labute approximate surface area is 118 Å². The molecule has 2 atom stereocenters. The van der Waals surface area contributed by atoms with Crippen LogP contribution in [0.3, 0.4) is 0 Å².